The lowest BCUT2D eigenvalue weighted by Gasteiger charge is -2.10. The minimum absolute atomic E-state index is 0.0151. The average Bonchev–Trinajstić information content (AvgIpc) is 2.64. The van der Waals surface area contributed by atoms with Crippen LogP contribution in [0.2, 0.25) is 5.02 Å². The number of hydrogen-bond acceptors (Lipinski definition) is 3. The largest absolute Gasteiger partial charge is 0.322 e. The predicted octanol–water partition coefficient (Wildman–Crippen LogP) is 4.53. The summed E-state index contributed by atoms with van der Waals surface area (Å²) in [7, 11) is -3.80. The third-order valence-electron chi connectivity index (χ3n) is 3.64. The van der Waals surface area contributed by atoms with Gasteiger partial charge in [0.15, 0.2) is 0 Å². The van der Waals surface area contributed by atoms with E-state index in [9.17, 15) is 17.6 Å². The third-order valence-corrected chi connectivity index (χ3v) is 5.29. The van der Waals surface area contributed by atoms with Gasteiger partial charge >= 0.3 is 0 Å². The van der Waals surface area contributed by atoms with Gasteiger partial charge in [0.2, 0.25) is 0 Å². The van der Waals surface area contributed by atoms with Crippen LogP contribution in [0.15, 0.2) is 77.7 Å². The van der Waals surface area contributed by atoms with E-state index in [4.69, 9.17) is 11.6 Å². The Morgan fingerprint density at radius 3 is 2.07 bits per heavy atom. The van der Waals surface area contributed by atoms with E-state index in [1.807, 2.05) is 0 Å². The zero-order valence-electron chi connectivity index (χ0n) is 13.8. The molecular weight excluding hydrogens is 391 g/mol. The van der Waals surface area contributed by atoms with Gasteiger partial charge in [0.25, 0.3) is 15.9 Å². The fraction of sp³-hybridized carbons (Fsp3) is 0. The van der Waals surface area contributed by atoms with Gasteiger partial charge in [-0.1, -0.05) is 23.7 Å². The van der Waals surface area contributed by atoms with Gasteiger partial charge in [0.05, 0.1) is 10.5 Å². The Balaban J connectivity index is 1.73. The first-order valence-electron chi connectivity index (χ1n) is 7.79. The van der Waals surface area contributed by atoms with Gasteiger partial charge < -0.3 is 5.32 Å². The molecule has 0 saturated heterocycles. The summed E-state index contributed by atoms with van der Waals surface area (Å²) < 4.78 is 40.9. The van der Waals surface area contributed by atoms with Gasteiger partial charge in [-0.15, -0.1) is 0 Å². The van der Waals surface area contributed by atoms with Crippen LogP contribution in [-0.4, -0.2) is 14.3 Å². The lowest BCUT2D eigenvalue weighted by atomic mass is 10.2. The van der Waals surface area contributed by atoms with Crippen molar-refractivity contribution < 1.29 is 17.6 Å². The van der Waals surface area contributed by atoms with Crippen molar-refractivity contribution in [3.8, 4) is 0 Å². The fourth-order valence-electron chi connectivity index (χ4n) is 2.29. The highest BCUT2D eigenvalue weighted by molar-refractivity contribution is 7.92. The minimum Gasteiger partial charge on any atom is -0.322 e. The Kier molecular flexibility index (Phi) is 5.43. The first kappa shape index (κ1) is 18.9. The molecule has 0 atom stereocenters. The smallest absolute Gasteiger partial charge is 0.261 e. The molecule has 3 aromatic rings. The number of rotatable bonds is 5. The molecule has 1 amide bonds. The number of carbonyl (C=O) groups excluding carboxylic acids is 1. The second kappa shape index (κ2) is 7.77. The second-order valence-electron chi connectivity index (χ2n) is 5.57. The van der Waals surface area contributed by atoms with E-state index in [-0.39, 0.29) is 10.5 Å². The van der Waals surface area contributed by atoms with Crippen molar-refractivity contribution in [2.75, 3.05) is 10.0 Å². The summed E-state index contributed by atoms with van der Waals surface area (Å²) in [4.78, 5) is 12.1. The van der Waals surface area contributed by atoms with Crippen molar-refractivity contribution >= 4 is 38.9 Å². The van der Waals surface area contributed by atoms with Crippen LogP contribution in [0.5, 0.6) is 0 Å². The molecule has 27 heavy (non-hydrogen) atoms. The number of sulfonamides is 1. The molecular formula is C19H14ClFN2O3S. The van der Waals surface area contributed by atoms with Gasteiger partial charge in [0, 0.05) is 16.4 Å². The Hall–Kier alpha value is -2.90. The van der Waals surface area contributed by atoms with Gasteiger partial charge in [0.1, 0.15) is 5.82 Å². The monoisotopic (exact) mass is 404 g/mol. The van der Waals surface area contributed by atoms with Gasteiger partial charge in [-0.25, -0.2) is 12.8 Å². The first-order chi connectivity index (χ1) is 12.8. The molecule has 0 aromatic heterocycles. The number of carbonyl (C=O) groups is 1. The summed E-state index contributed by atoms with van der Waals surface area (Å²) in [6.07, 6.45) is 0. The van der Waals surface area contributed by atoms with Gasteiger partial charge in [-0.2, -0.15) is 0 Å². The topological polar surface area (TPSA) is 75.3 Å². The molecule has 0 bridgehead atoms. The molecule has 0 aliphatic rings. The summed E-state index contributed by atoms with van der Waals surface area (Å²) in [6.45, 7) is 0. The lowest BCUT2D eigenvalue weighted by molar-refractivity contribution is 0.102. The van der Waals surface area contributed by atoms with Crippen LogP contribution in [-0.2, 0) is 10.0 Å². The molecule has 8 heteroatoms. The number of hydrogen-bond donors (Lipinski definition) is 2. The molecule has 3 aromatic carbocycles. The van der Waals surface area contributed by atoms with Crippen molar-refractivity contribution in [3.05, 3.63) is 89.2 Å². The van der Waals surface area contributed by atoms with Crippen LogP contribution in [0, 0.1) is 5.82 Å². The van der Waals surface area contributed by atoms with Gasteiger partial charge in [-0.05, 0) is 60.7 Å². The molecule has 2 N–H and O–H groups in total. The van der Waals surface area contributed by atoms with E-state index in [0.717, 1.165) is 0 Å². The van der Waals surface area contributed by atoms with Crippen LogP contribution in [0.25, 0.3) is 0 Å². The average molecular weight is 405 g/mol. The maximum Gasteiger partial charge on any atom is 0.261 e. The Morgan fingerprint density at radius 2 is 1.44 bits per heavy atom. The van der Waals surface area contributed by atoms with E-state index in [2.05, 4.69) is 10.0 Å². The maximum absolute atomic E-state index is 13.6. The van der Waals surface area contributed by atoms with E-state index in [1.165, 1.54) is 42.5 Å². The molecule has 0 saturated carbocycles. The third kappa shape index (κ3) is 4.64. The van der Waals surface area contributed by atoms with E-state index < -0.39 is 21.7 Å². The molecule has 0 unspecified atom stereocenters. The summed E-state index contributed by atoms with van der Waals surface area (Å²) in [5.41, 5.74) is 0.614. The first-order valence-corrected chi connectivity index (χ1v) is 9.65. The maximum atomic E-state index is 13.6. The molecule has 5 nitrogen and oxygen atoms in total. The highest BCUT2D eigenvalue weighted by Gasteiger charge is 2.15. The highest BCUT2D eigenvalue weighted by Crippen LogP contribution is 2.20. The highest BCUT2D eigenvalue weighted by atomic mass is 35.5. The van der Waals surface area contributed by atoms with Crippen LogP contribution in [0.3, 0.4) is 0 Å². The Morgan fingerprint density at radius 1 is 0.852 bits per heavy atom. The Labute approximate surface area is 160 Å². The zero-order valence-corrected chi connectivity index (χ0v) is 15.4. The SMILES string of the molecule is O=C(Nc1ccc(S(=O)(=O)Nc2ccc(Cl)cc2)cc1)c1ccccc1F. The van der Waals surface area contributed by atoms with Crippen molar-refractivity contribution in [3.63, 3.8) is 0 Å². The molecule has 0 fully saturated rings. The number of halogens is 2. The molecule has 0 aliphatic carbocycles. The molecule has 0 spiro atoms. The van der Waals surface area contributed by atoms with E-state index >= 15 is 0 Å². The van der Waals surface area contributed by atoms with Gasteiger partial charge in [-0.3, -0.25) is 9.52 Å². The standard InChI is InChI=1S/C19H14ClFN2O3S/c20-13-5-7-15(8-6-13)23-27(25,26)16-11-9-14(10-12-16)22-19(24)17-3-1-2-4-18(17)21/h1-12,23H,(H,22,24). The molecule has 0 radical (unpaired) electrons. The predicted molar refractivity (Wildman–Crippen MR) is 103 cm³/mol. The quantitative estimate of drug-likeness (QED) is 0.655. The number of nitrogens with one attached hydrogen (secondary N) is 2. The van der Waals surface area contributed by atoms with Crippen LogP contribution < -0.4 is 10.0 Å². The zero-order chi connectivity index (χ0) is 19.4. The summed E-state index contributed by atoms with van der Waals surface area (Å²) in [6, 6.07) is 17.4. The summed E-state index contributed by atoms with van der Waals surface area (Å²) in [5, 5.41) is 3.02. The van der Waals surface area contributed by atoms with E-state index in [1.54, 1.807) is 30.3 Å². The second-order valence-corrected chi connectivity index (χ2v) is 7.69. The van der Waals surface area contributed by atoms with Crippen molar-refractivity contribution in [1.82, 2.24) is 0 Å². The van der Waals surface area contributed by atoms with E-state index in [0.29, 0.717) is 16.4 Å². The Bertz CT molecular complexity index is 1070. The summed E-state index contributed by atoms with van der Waals surface area (Å²) >= 11 is 5.78. The summed E-state index contributed by atoms with van der Waals surface area (Å²) in [5.74, 6) is -1.26. The number of amides is 1. The van der Waals surface area contributed by atoms with Crippen molar-refractivity contribution in [2.24, 2.45) is 0 Å². The van der Waals surface area contributed by atoms with Crippen LogP contribution >= 0.6 is 11.6 Å². The normalized spacial score (nSPS) is 11.0. The number of benzene rings is 3. The molecule has 0 heterocycles. The minimum atomic E-state index is -3.80. The molecule has 138 valence electrons. The fourth-order valence-corrected chi connectivity index (χ4v) is 3.48. The van der Waals surface area contributed by atoms with Crippen LogP contribution in [0.4, 0.5) is 15.8 Å². The van der Waals surface area contributed by atoms with Crippen molar-refractivity contribution in [2.45, 2.75) is 4.90 Å². The molecule has 0 aliphatic heterocycles. The lowest BCUT2D eigenvalue weighted by Crippen LogP contribution is -2.15. The van der Waals surface area contributed by atoms with Crippen molar-refractivity contribution in [1.29, 1.82) is 0 Å². The van der Waals surface area contributed by atoms with Crippen LogP contribution in [0.1, 0.15) is 10.4 Å². The number of anilines is 2. The molecule has 3 rings (SSSR count).